The number of ketones is 2. The number of H-pyrrole nitrogens is 1. The first-order chi connectivity index (χ1) is 15.5. The Bertz CT molecular complexity index is 1130. The molecule has 32 heavy (non-hydrogen) atoms. The molecule has 1 saturated heterocycles. The summed E-state index contributed by atoms with van der Waals surface area (Å²) >= 11 is 0. The third kappa shape index (κ3) is 4.14. The summed E-state index contributed by atoms with van der Waals surface area (Å²) in [5.74, 6) is -3.05. The van der Waals surface area contributed by atoms with Crippen LogP contribution in [0.2, 0.25) is 0 Å². The van der Waals surface area contributed by atoms with Crippen molar-refractivity contribution in [2.24, 2.45) is 5.92 Å². The van der Waals surface area contributed by atoms with Crippen LogP contribution in [0.25, 0.3) is 0 Å². The van der Waals surface area contributed by atoms with Crippen LogP contribution >= 0.6 is 0 Å². The zero-order chi connectivity index (χ0) is 22.7. The monoisotopic (exact) mass is 433 g/mol. The van der Waals surface area contributed by atoms with Crippen LogP contribution in [0.4, 0.5) is 4.39 Å². The van der Waals surface area contributed by atoms with Crippen molar-refractivity contribution in [2.45, 2.75) is 19.5 Å². The summed E-state index contributed by atoms with van der Waals surface area (Å²) in [5.41, 5.74) is 1.62. The molecular weight excluding hydrogens is 411 g/mol. The van der Waals surface area contributed by atoms with Gasteiger partial charge < -0.3 is 9.64 Å². The molecule has 2 aromatic carbocycles. The summed E-state index contributed by atoms with van der Waals surface area (Å²) in [5, 5.41) is 0. The third-order valence-electron chi connectivity index (χ3n) is 5.47. The Kier molecular flexibility index (Phi) is 6.07. The Morgan fingerprint density at radius 2 is 1.78 bits per heavy atom. The quantitative estimate of drug-likeness (QED) is 0.326. The van der Waals surface area contributed by atoms with Crippen molar-refractivity contribution >= 4 is 17.5 Å². The van der Waals surface area contributed by atoms with Gasteiger partial charge in [-0.3, -0.25) is 14.4 Å². The third-order valence-corrected chi connectivity index (χ3v) is 5.47. The van der Waals surface area contributed by atoms with Gasteiger partial charge >= 0.3 is 0 Å². The molecule has 3 aromatic rings. The number of rotatable bonds is 7. The zero-order valence-electron chi connectivity index (χ0n) is 17.5. The van der Waals surface area contributed by atoms with Crippen LogP contribution in [0.1, 0.15) is 34.5 Å². The zero-order valence-corrected chi connectivity index (χ0v) is 17.5. The fraction of sp³-hybridized carbons (Fsp3) is 0.200. The number of Topliss-reactive ketones (excluding diaryl/α,β-unsaturated/α-hetero) is 2. The van der Waals surface area contributed by atoms with Crippen molar-refractivity contribution in [3.63, 3.8) is 0 Å². The number of hydrogen-bond acceptors (Lipinski definition) is 4. The minimum absolute atomic E-state index is 0.160. The number of halogens is 1. The Hall–Kier alpha value is -3.87. The molecule has 1 aliphatic rings. The molecule has 162 valence electrons. The van der Waals surface area contributed by atoms with Gasteiger partial charge in [-0.05, 0) is 55.0 Å². The highest BCUT2D eigenvalue weighted by Crippen LogP contribution is 2.39. The summed E-state index contributed by atoms with van der Waals surface area (Å²) in [6.45, 7) is 2.53. The fourth-order valence-corrected chi connectivity index (χ4v) is 3.98. The number of carbonyl (C=O) groups is 3. The van der Waals surface area contributed by atoms with Crippen molar-refractivity contribution in [1.82, 2.24) is 4.90 Å². The van der Waals surface area contributed by atoms with Gasteiger partial charge in [0.15, 0.2) is 18.2 Å². The van der Waals surface area contributed by atoms with Crippen molar-refractivity contribution in [2.75, 3.05) is 6.61 Å². The van der Waals surface area contributed by atoms with Crippen molar-refractivity contribution in [3.05, 3.63) is 95.6 Å². The average molecular weight is 433 g/mol. The van der Waals surface area contributed by atoms with Gasteiger partial charge in [0.2, 0.25) is 5.78 Å². The molecule has 0 aliphatic carbocycles. The fourth-order valence-electron chi connectivity index (χ4n) is 3.98. The van der Waals surface area contributed by atoms with E-state index in [-0.39, 0.29) is 12.1 Å². The number of aromatic amines is 1. The van der Waals surface area contributed by atoms with Crippen LogP contribution < -0.4 is 9.72 Å². The van der Waals surface area contributed by atoms with Gasteiger partial charge in [0, 0.05) is 17.2 Å². The van der Waals surface area contributed by atoms with E-state index in [1.54, 1.807) is 42.7 Å². The predicted molar refractivity (Wildman–Crippen MR) is 113 cm³/mol. The van der Waals surface area contributed by atoms with Gasteiger partial charge in [0.25, 0.3) is 5.91 Å². The summed E-state index contributed by atoms with van der Waals surface area (Å²) in [6, 6.07) is 14.9. The number of nitrogens with zero attached hydrogens (tertiary/aromatic N) is 1. The lowest BCUT2D eigenvalue weighted by Crippen LogP contribution is -2.30. The number of hydrogen-bond donors (Lipinski definition) is 0. The van der Waals surface area contributed by atoms with Gasteiger partial charge in [0.1, 0.15) is 17.5 Å². The molecule has 2 heterocycles. The number of nitrogens with one attached hydrogen (secondary N) is 1. The maximum Gasteiger partial charge on any atom is 0.291 e. The van der Waals surface area contributed by atoms with Gasteiger partial charge in [-0.25, -0.2) is 9.37 Å². The molecular formula is C25H22FN2O4+. The first-order valence-electron chi connectivity index (χ1n) is 10.3. The molecule has 6 nitrogen and oxygen atoms in total. The first kappa shape index (κ1) is 21.4. The van der Waals surface area contributed by atoms with Crippen LogP contribution in [0.15, 0.2) is 73.1 Å². The highest BCUT2D eigenvalue weighted by molar-refractivity contribution is 6.44. The van der Waals surface area contributed by atoms with Crippen molar-refractivity contribution in [1.29, 1.82) is 0 Å². The van der Waals surface area contributed by atoms with Crippen LogP contribution in [0.3, 0.4) is 0 Å². The predicted octanol–water partition coefficient (Wildman–Crippen LogP) is 3.19. The van der Waals surface area contributed by atoms with Crippen molar-refractivity contribution < 1.29 is 28.5 Å². The smallest absolute Gasteiger partial charge is 0.291 e. The largest absolute Gasteiger partial charge is 0.494 e. The van der Waals surface area contributed by atoms with Gasteiger partial charge in [-0.2, -0.15) is 0 Å². The summed E-state index contributed by atoms with van der Waals surface area (Å²) in [6.07, 6.45) is 3.48. The number of amides is 1. The molecule has 1 amide bonds. The molecule has 2 atom stereocenters. The van der Waals surface area contributed by atoms with E-state index >= 15 is 0 Å². The lowest BCUT2D eigenvalue weighted by Gasteiger charge is -2.27. The minimum Gasteiger partial charge on any atom is -0.494 e. The maximum absolute atomic E-state index is 13.4. The number of ether oxygens (including phenoxy) is 1. The lowest BCUT2D eigenvalue weighted by atomic mass is 9.86. The molecule has 0 spiro atoms. The second-order valence-corrected chi connectivity index (χ2v) is 7.50. The Morgan fingerprint density at radius 3 is 2.41 bits per heavy atom. The number of carbonyl (C=O) groups excluding carboxylic acids is 3. The minimum atomic E-state index is -1.22. The van der Waals surface area contributed by atoms with Crippen LogP contribution in [0, 0.1) is 11.7 Å². The topological polar surface area (TPSA) is 77.8 Å². The maximum atomic E-state index is 13.4. The summed E-state index contributed by atoms with van der Waals surface area (Å²) in [4.78, 5) is 43.7. The molecule has 2 unspecified atom stereocenters. The van der Waals surface area contributed by atoms with E-state index in [2.05, 4.69) is 4.98 Å². The SMILES string of the molecule is CCOc1ccc(C2C(C(=O)c3ccc(F)cc3)C(=O)C(=O)N2Cc2ccc[nH+]c2)cc1. The van der Waals surface area contributed by atoms with Crippen molar-refractivity contribution in [3.8, 4) is 5.75 Å². The van der Waals surface area contributed by atoms with E-state index in [1.807, 2.05) is 13.0 Å². The highest BCUT2D eigenvalue weighted by Gasteiger charge is 2.51. The van der Waals surface area contributed by atoms with E-state index in [1.165, 1.54) is 17.0 Å². The number of pyridine rings is 1. The normalized spacial score (nSPS) is 18.1. The molecule has 0 radical (unpaired) electrons. The van der Waals surface area contributed by atoms with Crippen LogP contribution in [0.5, 0.6) is 5.75 Å². The Labute approximate surface area is 184 Å². The molecule has 4 rings (SSSR count). The van der Waals surface area contributed by atoms with Gasteiger partial charge in [-0.1, -0.05) is 12.1 Å². The van der Waals surface area contributed by atoms with E-state index in [9.17, 15) is 18.8 Å². The van der Waals surface area contributed by atoms with Gasteiger partial charge in [0.05, 0.1) is 19.2 Å². The van der Waals surface area contributed by atoms with Crippen LogP contribution in [-0.4, -0.2) is 29.0 Å². The van der Waals surface area contributed by atoms with E-state index in [4.69, 9.17) is 4.74 Å². The summed E-state index contributed by atoms with van der Waals surface area (Å²) in [7, 11) is 0. The van der Waals surface area contributed by atoms with Crippen LogP contribution in [-0.2, 0) is 16.1 Å². The highest BCUT2D eigenvalue weighted by atomic mass is 19.1. The number of benzene rings is 2. The Balaban J connectivity index is 1.75. The standard InChI is InChI=1S/C25H21FN2O4/c1-2-32-20-11-7-17(8-12-20)22-21(23(29)18-5-9-19(26)10-6-18)24(30)25(31)28(22)15-16-4-3-13-27-14-16/h3-14,21-22H,2,15H2,1H3/p+1. The average Bonchev–Trinajstić information content (AvgIpc) is 3.05. The van der Waals surface area contributed by atoms with E-state index < -0.39 is 35.3 Å². The second-order valence-electron chi connectivity index (χ2n) is 7.50. The lowest BCUT2D eigenvalue weighted by molar-refractivity contribution is -0.378. The number of aromatic nitrogens is 1. The first-order valence-corrected chi connectivity index (χ1v) is 10.3. The molecule has 1 aliphatic heterocycles. The Morgan fingerprint density at radius 1 is 1.06 bits per heavy atom. The number of likely N-dealkylation sites (tertiary alicyclic amines) is 1. The molecule has 0 bridgehead atoms. The molecule has 1 fully saturated rings. The molecule has 0 saturated carbocycles. The molecule has 1 N–H and O–H groups in total. The van der Waals surface area contributed by atoms with E-state index in [0.717, 1.165) is 17.7 Å². The summed E-state index contributed by atoms with van der Waals surface area (Å²) < 4.78 is 18.8. The second kappa shape index (κ2) is 9.09. The molecule has 1 aromatic heterocycles. The van der Waals surface area contributed by atoms with E-state index in [0.29, 0.717) is 17.9 Å². The molecule has 7 heteroatoms. The van der Waals surface area contributed by atoms with Gasteiger partial charge in [-0.15, -0.1) is 0 Å².